The summed E-state index contributed by atoms with van der Waals surface area (Å²) in [5.41, 5.74) is 0.974. The number of nitrogens with zero attached hydrogens (tertiary/aromatic N) is 1. The Balaban J connectivity index is 2.68. The molecule has 6 heteroatoms. The highest BCUT2D eigenvalue weighted by Crippen LogP contribution is 2.15. The molecule has 1 atom stereocenters. The summed E-state index contributed by atoms with van der Waals surface area (Å²) in [7, 11) is 0. The lowest BCUT2D eigenvalue weighted by Crippen LogP contribution is -2.44. The molecule has 4 nitrogen and oxygen atoms in total. The van der Waals surface area contributed by atoms with Crippen LogP contribution >= 0.6 is 0 Å². The highest BCUT2D eigenvalue weighted by atomic mass is 19.3. The van der Waals surface area contributed by atoms with E-state index in [2.05, 4.69) is 0 Å². The van der Waals surface area contributed by atoms with Crippen molar-refractivity contribution in [2.24, 2.45) is 0 Å². The standard InChI is InChI=1S/C14H19F2NO3/c1-10-4-3-5-12(8-10)20-11(2)14(19)17(6-7-18)9-13(15)16/h3-5,8,11,13,18H,6-7,9H2,1-2H3. The Kier molecular flexibility index (Phi) is 6.38. The van der Waals surface area contributed by atoms with Crippen LogP contribution in [0.25, 0.3) is 0 Å². The van der Waals surface area contributed by atoms with Crippen LogP contribution < -0.4 is 4.74 Å². The number of hydrogen-bond donors (Lipinski definition) is 1. The molecule has 1 amide bonds. The largest absolute Gasteiger partial charge is 0.481 e. The summed E-state index contributed by atoms with van der Waals surface area (Å²) >= 11 is 0. The molecule has 0 aliphatic rings. The van der Waals surface area contributed by atoms with Crippen LogP contribution in [-0.4, -0.2) is 48.1 Å². The number of aryl methyl sites for hydroxylation is 1. The fourth-order valence-corrected chi connectivity index (χ4v) is 1.78. The number of hydrogen-bond acceptors (Lipinski definition) is 3. The summed E-state index contributed by atoms with van der Waals surface area (Å²) in [5, 5.41) is 8.83. The SMILES string of the molecule is Cc1cccc(OC(C)C(=O)N(CCO)CC(F)F)c1. The Morgan fingerprint density at radius 2 is 2.15 bits per heavy atom. The molecule has 0 saturated heterocycles. The van der Waals surface area contributed by atoms with Gasteiger partial charge in [-0.15, -0.1) is 0 Å². The molecular weight excluding hydrogens is 268 g/mol. The highest BCUT2D eigenvalue weighted by molar-refractivity contribution is 5.81. The molecule has 0 saturated carbocycles. The topological polar surface area (TPSA) is 49.8 Å². The maximum Gasteiger partial charge on any atom is 0.263 e. The number of alkyl halides is 2. The van der Waals surface area contributed by atoms with Gasteiger partial charge in [-0.3, -0.25) is 4.79 Å². The molecule has 1 aromatic carbocycles. The van der Waals surface area contributed by atoms with Crippen LogP contribution in [0.5, 0.6) is 5.75 Å². The number of amides is 1. The molecule has 0 aliphatic carbocycles. The van der Waals surface area contributed by atoms with E-state index in [9.17, 15) is 13.6 Å². The van der Waals surface area contributed by atoms with Crippen molar-refractivity contribution in [1.82, 2.24) is 4.90 Å². The number of ether oxygens (including phenoxy) is 1. The normalized spacial score (nSPS) is 12.3. The molecule has 0 heterocycles. The molecule has 112 valence electrons. The number of benzene rings is 1. The zero-order valence-electron chi connectivity index (χ0n) is 11.6. The van der Waals surface area contributed by atoms with E-state index in [0.29, 0.717) is 5.75 Å². The molecule has 1 unspecified atom stereocenters. The average molecular weight is 287 g/mol. The van der Waals surface area contributed by atoms with E-state index in [4.69, 9.17) is 9.84 Å². The van der Waals surface area contributed by atoms with Gasteiger partial charge < -0.3 is 14.7 Å². The van der Waals surface area contributed by atoms with Gasteiger partial charge >= 0.3 is 0 Å². The molecule has 0 aromatic heterocycles. The third kappa shape index (κ3) is 5.13. The molecular formula is C14H19F2NO3. The van der Waals surface area contributed by atoms with Crippen molar-refractivity contribution in [1.29, 1.82) is 0 Å². The smallest absolute Gasteiger partial charge is 0.263 e. The zero-order valence-corrected chi connectivity index (χ0v) is 11.6. The third-order valence-electron chi connectivity index (χ3n) is 2.69. The van der Waals surface area contributed by atoms with E-state index < -0.39 is 25.0 Å². The van der Waals surface area contributed by atoms with Crippen LogP contribution in [-0.2, 0) is 4.79 Å². The van der Waals surface area contributed by atoms with Gasteiger partial charge in [0.2, 0.25) is 0 Å². The van der Waals surface area contributed by atoms with E-state index >= 15 is 0 Å². The minimum atomic E-state index is -2.64. The van der Waals surface area contributed by atoms with Crippen LogP contribution in [0.1, 0.15) is 12.5 Å². The second kappa shape index (κ2) is 7.79. The zero-order chi connectivity index (χ0) is 15.1. The van der Waals surface area contributed by atoms with Gasteiger partial charge in [-0.25, -0.2) is 8.78 Å². The van der Waals surface area contributed by atoms with Crippen LogP contribution in [0, 0.1) is 6.92 Å². The van der Waals surface area contributed by atoms with Crippen LogP contribution in [0.15, 0.2) is 24.3 Å². The molecule has 0 aliphatic heterocycles. The summed E-state index contributed by atoms with van der Waals surface area (Å²) < 4.78 is 30.2. The Bertz CT molecular complexity index is 440. The Labute approximate surface area is 117 Å². The molecule has 1 N–H and O–H groups in total. The second-order valence-electron chi connectivity index (χ2n) is 4.48. The van der Waals surface area contributed by atoms with Gasteiger partial charge in [-0.05, 0) is 31.5 Å². The van der Waals surface area contributed by atoms with E-state index in [1.807, 2.05) is 13.0 Å². The van der Waals surface area contributed by atoms with Crippen molar-refractivity contribution in [2.75, 3.05) is 19.7 Å². The Morgan fingerprint density at radius 1 is 1.45 bits per heavy atom. The molecule has 0 bridgehead atoms. The number of halogens is 2. The fraction of sp³-hybridized carbons (Fsp3) is 0.500. The van der Waals surface area contributed by atoms with Crippen molar-refractivity contribution in [2.45, 2.75) is 26.4 Å². The number of carbonyl (C=O) groups excluding carboxylic acids is 1. The van der Waals surface area contributed by atoms with Gasteiger partial charge in [-0.2, -0.15) is 0 Å². The van der Waals surface area contributed by atoms with Gasteiger partial charge in [0.05, 0.1) is 13.2 Å². The highest BCUT2D eigenvalue weighted by Gasteiger charge is 2.24. The quantitative estimate of drug-likeness (QED) is 0.832. The van der Waals surface area contributed by atoms with E-state index in [1.54, 1.807) is 18.2 Å². The summed E-state index contributed by atoms with van der Waals surface area (Å²) in [6.45, 7) is 2.18. The van der Waals surface area contributed by atoms with Crippen molar-refractivity contribution in [3.8, 4) is 5.75 Å². The Hall–Kier alpha value is -1.69. The summed E-state index contributed by atoms with van der Waals surface area (Å²) in [6, 6.07) is 7.12. The molecule has 1 rings (SSSR count). The lowest BCUT2D eigenvalue weighted by molar-refractivity contribution is -0.140. The maximum atomic E-state index is 12.4. The molecule has 0 spiro atoms. The monoisotopic (exact) mass is 287 g/mol. The number of rotatable bonds is 7. The van der Waals surface area contributed by atoms with Crippen LogP contribution in [0.3, 0.4) is 0 Å². The van der Waals surface area contributed by atoms with E-state index in [-0.39, 0.29) is 13.2 Å². The van der Waals surface area contributed by atoms with Gasteiger partial charge in [-0.1, -0.05) is 12.1 Å². The van der Waals surface area contributed by atoms with Crippen molar-refractivity contribution < 1.29 is 23.4 Å². The molecule has 20 heavy (non-hydrogen) atoms. The number of carbonyl (C=O) groups is 1. The minimum absolute atomic E-state index is 0.134. The lowest BCUT2D eigenvalue weighted by atomic mass is 10.2. The maximum absolute atomic E-state index is 12.4. The number of aliphatic hydroxyl groups excluding tert-OH is 1. The summed E-state index contributed by atoms with van der Waals surface area (Å²) in [4.78, 5) is 12.9. The fourth-order valence-electron chi connectivity index (χ4n) is 1.78. The molecule has 0 radical (unpaired) electrons. The minimum Gasteiger partial charge on any atom is -0.481 e. The lowest BCUT2D eigenvalue weighted by Gasteiger charge is -2.25. The van der Waals surface area contributed by atoms with Gasteiger partial charge in [0.15, 0.2) is 6.10 Å². The van der Waals surface area contributed by atoms with Gasteiger partial charge in [0, 0.05) is 6.54 Å². The Morgan fingerprint density at radius 3 is 2.70 bits per heavy atom. The number of aliphatic hydroxyl groups is 1. The van der Waals surface area contributed by atoms with Crippen molar-refractivity contribution >= 4 is 5.91 Å². The van der Waals surface area contributed by atoms with E-state index in [1.165, 1.54) is 6.92 Å². The van der Waals surface area contributed by atoms with Crippen LogP contribution in [0.2, 0.25) is 0 Å². The van der Waals surface area contributed by atoms with Crippen LogP contribution in [0.4, 0.5) is 8.78 Å². The van der Waals surface area contributed by atoms with Crippen molar-refractivity contribution in [3.63, 3.8) is 0 Å². The predicted molar refractivity (Wildman–Crippen MR) is 70.9 cm³/mol. The molecule has 0 fully saturated rings. The second-order valence-corrected chi connectivity index (χ2v) is 4.48. The van der Waals surface area contributed by atoms with Gasteiger partial charge in [0.25, 0.3) is 12.3 Å². The first kappa shape index (κ1) is 16.4. The summed E-state index contributed by atoms with van der Waals surface area (Å²) in [5.74, 6) is -0.0623. The molecule has 1 aromatic rings. The first-order valence-electron chi connectivity index (χ1n) is 6.35. The first-order chi connectivity index (χ1) is 9.43. The third-order valence-corrected chi connectivity index (χ3v) is 2.69. The average Bonchev–Trinajstić information content (AvgIpc) is 2.36. The van der Waals surface area contributed by atoms with Gasteiger partial charge in [0.1, 0.15) is 5.75 Å². The first-order valence-corrected chi connectivity index (χ1v) is 6.35. The van der Waals surface area contributed by atoms with Crippen molar-refractivity contribution in [3.05, 3.63) is 29.8 Å². The predicted octanol–water partition coefficient (Wildman–Crippen LogP) is 1.85. The van der Waals surface area contributed by atoms with E-state index in [0.717, 1.165) is 10.5 Å². The summed E-state index contributed by atoms with van der Waals surface area (Å²) in [6.07, 6.45) is -3.53.